The maximum absolute atomic E-state index is 12.6. The van der Waals surface area contributed by atoms with Crippen molar-refractivity contribution in [3.05, 3.63) is 90.6 Å². The third-order valence-corrected chi connectivity index (χ3v) is 7.52. The molecule has 1 unspecified atom stereocenters. The molecule has 5 N–H and O–H groups in total. The minimum absolute atomic E-state index is 0.188. The molecule has 35 heavy (non-hydrogen) atoms. The number of nitrogens with zero attached hydrogens (tertiary/aromatic N) is 1. The van der Waals surface area contributed by atoms with Gasteiger partial charge in [-0.15, -0.1) is 0 Å². The largest absolute Gasteiger partial charge is 0.399 e. The summed E-state index contributed by atoms with van der Waals surface area (Å²) in [6, 6.07) is 23.0. The Labute approximate surface area is 206 Å². The van der Waals surface area contributed by atoms with Crippen LogP contribution in [-0.2, 0) is 16.6 Å². The number of aliphatic hydroxyl groups excluding tert-OH is 1. The summed E-state index contributed by atoms with van der Waals surface area (Å²) in [5, 5.41) is 15.4. The first-order valence-electron chi connectivity index (χ1n) is 11.6. The maximum atomic E-state index is 12.6. The summed E-state index contributed by atoms with van der Waals surface area (Å²) in [4.78, 5) is 0.188. The molecular weight excluding hydrogens is 460 g/mol. The lowest BCUT2D eigenvalue weighted by atomic mass is 9.99. The quantitative estimate of drug-likeness (QED) is 0.244. The van der Waals surface area contributed by atoms with Crippen LogP contribution < -0.4 is 15.8 Å². The van der Waals surface area contributed by atoms with Crippen molar-refractivity contribution >= 4 is 32.3 Å². The zero-order chi connectivity index (χ0) is 25.1. The van der Waals surface area contributed by atoms with E-state index in [1.54, 1.807) is 54.6 Å². The zero-order valence-corrected chi connectivity index (χ0v) is 20.8. The van der Waals surface area contributed by atoms with Crippen molar-refractivity contribution in [3.8, 4) is 0 Å². The van der Waals surface area contributed by atoms with Crippen molar-refractivity contribution in [3.63, 3.8) is 0 Å². The second-order valence-corrected chi connectivity index (χ2v) is 11.1. The standard InChI is InChI=1S/C27H32N4O3S/c1-27(2,14-16-31-15-13-20-11-12-22(28)18-25(20)31)29-19-26(32)21-7-6-8-23(17-21)30-35(33,34)24-9-4-3-5-10-24/h3-13,15,17-18,26,29-30,32H,14,16,19,28H2,1-2H3. The van der Waals surface area contributed by atoms with Gasteiger partial charge in [0.25, 0.3) is 10.0 Å². The Kier molecular flexibility index (Phi) is 7.16. The van der Waals surface area contributed by atoms with E-state index < -0.39 is 16.1 Å². The number of sulfonamides is 1. The Bertz CT molecular complexity index is 1400. The fourth-order valence-electron chi connectivity index (χ4n) is 4.00. The number of nitrogens with one attached hydrogen (secondary N) is 2. The first-order valence-corrected chi connectivity index (χ1v) is 13.1. The van der Waals surface area contributed by atoms with Crippen molar-refractivity contribution in [2.75, 3.05) is 17.0 Å². The highest BCUT2D eigenvalue weighted by Gasteiger charge is 2.20. The smallest absolute Gasteiger partial charge is 0.261 e. The molecule has 0 aliphatic carbocycles. The molecule has 0 aliphatic heterocycles. The Morgan fingerprint density at radius 3 is 2.54 bits per heavy atom. The Balaban J connectivity index is 1.36. The van der Waals surface area contributed by atoms with E-state index in [9.17, 15) is 13.5 Å². The molecule has 0 spiro atoms. The predicted molar refractivity (Wildman–Crippen MR) is 142 cm³/mol. The van der Waals surface area contributed by atoms with Gasteiger partial charge in [0, 0.05) is 36.2 Å². The number of aryl methyl sites for hydroxylation is 1. The SMILES string of the molecule is CC(C)(CCn1ccc2ccc(N)cc21)NCC(O)c1cccc(NS(=O)(=O)c2ccccc2)c1. The highest BCUT2D eigenvalue weighted by atomic mass is 32.2. The van der Waals surface area contributed by atoms with Gasteiger partial charge in [-0.2, -0.15) is 0 Å². The van der Waals surface area contributed by atoms with E-state index >= 15 is 0 Å². The molecule has 0 saturated heterocycles. The predicted octanol–water partition coefficient (Wildman–Crippen LogP) is 4.52. The van der Waals surface area contributed by atoms with Crippen molar-refractivity contribution in [2.45, 2.75) is 43.4 Å². The van der Waals surface area contributed by atoms with Crippen molar-refractivity contribution in [2.24, 2.45) is 0 Å². The van der Waals surface area contributed by atoms with Gasteiger partial charge >= 0.3 is 0 Å². The summed E-state index contributed by atoms with van der Waals surface area (Å²) >= 11 is 0. The molecule has 0 fully saturated rings. The molecule has 0 bridgehead atoms. The van der Waals surface area contributed by atoms with Gasteiger partial charge in [-0.1, -0.05) is 36.4 Å². The number of aromatic nitrogens is 1. The number of β-amino-alcohol motifs (C(OH)–C–C–N with tert-alkyl or cyclic N) is 1. The monoisotopic (exact) mass is 492 g/mol. The maximum Gasteiger partial charge on any atom is 0.261 e. The molecule has 1 heterocycles. The van der Waals surface area contributed by atoms with Gasteiger partial charge in [0.15, 0.2) is 0 Å². The van der Waals surface area contributed by atoms with E-state index in [4.69, 9.17) is 5.73 Å². The van der Waals surface area contributed by atoms with E-state index in [2.05, 4.69) is 40.7 Å². The van der Waals surface area contributed by atoms with Crippen LogP contribution in [0.1, 0.15) is 31.9 Å². The summed E-state index contributed by atoms with van der Waals surface area (Å²) in [6.07, 6.45) is 2.12. The van der Waals surface area contributed by atoms with Crippen molar-refractivity contribution < 1.29 is 13.5 Å². The third-order valence-electron chi connectivity index (χ3n) is 6.13. The highest BCUT2D eigenvalue weighted by Crippen LogP contribution is 2.23. The number of benzene rings is 3. The zero-order valence-electron chi connectivity index (χ0n) is 20.0. The lowest BCUT2D eigenvalue weighted by Gasteiger charge is -2.28. The fraction of sp³-hybridized carbons (Fsp3) is 0.259. The second kappa shape index (κ2) is 10.1. The highest BCUT2D eigenvalue weighted by molar-refractivity contribution is 7.92. The molecule has 1 aromatic heterocycles. The van der Waals surface area contributed by atoms with Crippen LogP contribution in [0.3, 0.4) is 0 Å². The van der Waals surface area contributed by atoms with Gasteiger partial charge < -0.3 is 20.7 Å². The lowest BCUT2D eigenvalue weighted by molar-refractivity contribution is 0.158. The first kappa shape index (κ1) is 24.8. The molecule has 0 radical (unpaired) electrons. The molecule has 1 atom stereocenters. The van der Waals surface area contributed by atoms with Gasteiger partial charge in [-0.3, -0.25) is 4.72 Å². The van der Waals surface area contributed by atoms with Gasteiger partial charge in [-0.25, -0.2) is 8.42 Å². The number of fused-ring (bicyclic) bond motifs is 1. The van der Waals surface area contributed by atoms with Gasteiger partial charge in [0.1, 0.15) is 0 Å². The van der Waals surface area contributed by atoms with E-state index in [1.807, 2.05) is 18.2 Å². The first-order chi connectivity index (χ1) is 16.6. The molecule has 4 aromatic rings. The topological polar surface area (TPSA) is 109 Å². The third kappa shape index (κ3) is 6.22. The molecule has 184 valence electrons. The van der Waals surface area contributed by atoms with Gasteiger partial charge in [-0.05, 0) is 73.7 Å². The summed E-state index contributed by atoms with van der Waals surface area (Å²) in [7, 11) is -3.70. The summed E-state index contributed by atoms with van der Waals surface area (Å²) in [5.41, 5.74) is 8.61. The lowest BCUT2D eigenvalue weighted by Crippen LogP contribution is -2.42. The number of hydrogen-bond donors (Lipinski definition) is 4. The van der Waals surface area contributed by atoms with Gasteiger partial charge in [0.2, 0.25) is 0 Å². The molecule has 0 aliphatic rings. The van der Waals surface area contributed by atoms with Crippen LogP contribution in [0.15, 0.2) is 90.0 Å². The van der Waals surface area contributed by atoms with Crippen molar-refractivity contribution in [1.82, 2.24) is 9.88 Å². The van der Waals surface area contributed by atoms with Crippen LogP contribution in [0.5, 0.6) is 0 Å². The van der Waals surface area contributed by atoms with Crippen LogP contribution in [0.2, 0.25) is 0 Å². The number of aliphatic hydroxyl groups is 1. The number of rotatable bonds is 10. The molecule has 0 saturated carbocycles. The minimum atomic E-state index is -3.70. The van der Waals surface area contributed by atoms with E-state index in [-0.39, 0.29) is 10.4 Å². The Morgan fingerprint density at radius 2 is 1.77 bits per heavy atom. The molecule has 0 amide bonds. The molecule has 8 heteroatoms. The number of nitrogens with two attached hydrogens (primary N) is 1. The van der Waals surface area contributed by atoms with E-state index in [1.165, 1.54) is 0 Å². The van der Waals surface area contributed by atoms with Crippen LogP contribution in [-0.4, -0.2) is 30.2 Å². The Morgan fingerprint density at radius 1 is 1.00 bits per heavy atom. The number of hydrogen-bond acceptors (Lipinski definition) is 5. The number of anilines is 2. The average Bonchev–Trinajstić information content (AvgIpc) is 3.24. The normalized spacial score (nSPS) is 13.1. The number of nitrogen functional groups attached to an aromatic ring is 1. The van der Waals surface area contributed by atoms with Crippen molar-refractivity contribution in [1.29, 1.82) is 0 Å². The van der Waals surface area contributed by atoms with E-state index in [0.717, 1.165) is 29.6 Å². The van der Waals surface area contributed by atoms with Crippen LogP contribution >= 0.6 is 0 Å². The van der Waals surface area contributed by atoms with Gasteiger partial charge in [0.05, 0.1) is 16.5 Å². The summed E-state index contributed by atoms with van der Waals surface area (Å²) in [5.74, 6) is 0. The summed E-state index contributed by atoms with van der Waals surface area (Å²) in [6.45, 7) is 5.34. The van der Waals surface area contributed by atoms with Crippen LogP contribution in [0.25, 0.3) is 10.9 Å². The second-order valence-electron chi connectivity index (χ2n) is 9.40. The fourth-order valence-corrected chi connectivity index (χ4v) is 5.07. The van der Waals surface area contributed by atoms with Crippen LogP contribution in [0, 0.1) is 0 Å². The molecular formula is C27H32N4O3S. The summed E-state index contributed by atoms with van der Waals surface area (Å²) < 4.78 is 30.0. The average molecular weight is 493 g/mol. The van der Waals surface area contributed by atoms with E-state index in [0.29, 0.717) is 17.8 Å². The molecule has 4 rings (SSSR count). The van der Waals surface area contributed by atoms with Crippen LogP contribution in [0.4, 0.5) is 11.4 Å². The molecule has 3 aromatic carbocycles. The molecule has 7 nitrogen and oxygen atoms in total. The minimum Gasteiger partial charge on any atom is -0.399 e. The Hall–Kier alpha value is -3.33.